The molecule has 0 spiro atoms. The molecular weight excluding hydrogens is 272 g/mol. The van der Waals surface area contributed by atoms with E-state index in [2.05, 4.69) is 6.92 Å². The van der Waals surface area contributed by atoms with Gasteiger partial charge >= 0.3 is 0 Å². The molecule has 0 rings (SSSR count). The van der Waals surface area contributed by atoms with Crippen molar-refractivity contribution < 1.29 is 10.2 Å². The zero-order valence-electron chi connectivity index (χ0n) is 15.2. The highest BCUT2D eigenvalue weighted by Gasteiger charge is 2.02. The first-order valence-corrected chi connectivity index (χ1v) is 10.1. The minimum atomic E-state index is -0.285. The van der Waals surface area contributed by atoms with Crippen molar-refractivity contribution in [2.75, 3.05) is 6.61 Å². The average molecular weight is 315 g/mol. The van der Waals surface area contributed by atoms with Crippen LogP contribution in [-0.4, -0.2) is 22.9 Å². The van der Waals surface area contributed by atoms with Gasteiger partial charge in [-0.25, -0.2) is 0 Å². The van der Waals surface area contributed by atoms with Crippen LogP contribution in [0.5, 0.6) is 0 Å². The molecule has 0 aliphatic heterocycles. The quantitative estimate of drug-likeness (QED) is 0.305. The first-order valence-electron chi connectivity index (χ1n) is 10.1. The molecule has 0 aromatic carbocycles. The van der Waals surface area contributed by atoms with Crippen molar-refractivity contribution in [3.63, 3.8) is 0 Å². The molecule has 2 heteroatoms. The number of rotatable bonds is 18. The van der Waals surface area contributed by atoms with Crippen LogP contribution >= 0.6 is 0 Å². The molecule has 1 atom stereocenters. The molecule has 0 saturated carbocycles. The second-order valence-electron chi connectivity index (χ2n) is 6.90. The van der Waals surface area contributed by atoms with Gasteiger partial charge in [0.1, 0.15) is 0 Å². The Balaban J connectivity index is 3.00. The van der Waals surface area contributed by atoms with Crippen LogP contribution in [0.1, 0.15) is 116 Å². The van der Waals surface area contributed by atoms with E-state index in [9.17, 15) is 5.11 Å². The molecule has 0 aliphatic rings. The Bertz CT molecular complexity index is 194. The van der Waals surface area contributed by atoms with Crippen LogP contribution in [0.3, 0.4) is 0 Å². The van der Waals surface area contributed by atoms with Crippen LogP contribution in [0.25, 0.3) is 0 Å². The highest BCUT2D eigenvalue weighted by Crippen LogP contribution is 2.14. The fourth-order valence-electron chi connectivity index (χ4n) is 3.04. The second-order valence-corrected chi connectivity index (χ2v) is 6.90. The molecule has 0 heterocycles. The minimum Gasteiger partial charge on any atom is -0.396 e. The smallest absolute Gasteiger partial charge is 0.0562 e. The van der Waals surface area contributed by atoms with E-state index in [4.69, 9.17) is 5.11 Å². The van der Waals surface area contributed by atoms with Gasteiger partial charge in [0, 0.05) is 6.61 Å². The summed E-state index contributed by atoms with van der Waals surface area (Å²) in [6.45, 7) is 2.39. The van der Waals surface area contributed by atoms with Gasteiger partial charge in [0.15, 0.2) is 0 Å². The number of hydrogen-bond donors (Lipinski definition) is 2. The van der Waals surface area contributed by atoms with E-state index >= 15 is 0 Å². The van der Waals surface area contributed by atoms with Gasteiger partial charge in [-0.05, 0) is 12.8 Å². The fourth-order valence-corrected chi connectivity index (χ4v) is 3.04. The van der Waals surface area contributed by atoms with Crippen molar-refractivity contribution >= 4 is 0 Å². The molecule has 22 heavy (non-hydrogen) atoms. The van der Waals surface area contributed by atoms with Gasteiger partial charge in [-0.3, -0.25) is 0 Å². The van der Waals surface area contributed by atoms with E-state index in [1.54, 1.807) is 0 Å². The lowest BCUT2D eigenvalue weighted by Crippen LogP contribution is -2.08. The first kappa shape index (κ1) is 21.9. The Morgan fingerprint density at radius 3 is 1.27 bits per heavy atom. The van der Waals surface area contributed by atoms with E-state index in [-0.39, 0.29) is 12.7 Å². The molecule has 0 saturated heterocycles. The molecule has 2 N–H and O–H groups in total. The van der Waals surface area contributed by atoms with Crippen molar-refractivity contribution in [1.29, 1.82) is 0 Å². The highest BCUT2D eigenvalue weighted by molar-refractivity contribution is 4.55. The predicted molar refractivity (Wildman–Crippen MR) is 97.3 cm³/mol. The number of aliphatic hydroxyl groups is 2. The maximum Gasteiger partial charge on any atom is 0.0562 e. The van der Waals surface area contributed by atoms with Gasteiger partial charge in [-0.15, -0.1) is 0 Å². The Morgan fingerprint density at radius 2 is 0.909 bits per heavy atom. The lowest BCUT2D eigenvalue weighted by molar-refractivity contribution is 0.122. The molecule has 0 aliphatic carbocycles. The van der Waals surface area contributed by atoms with E-state index in [0.717, 1.165) is 12.8 Å². The van der Waals surface area contributed by atoms with Gasteiger partial charge in [0.05, 0.1) is 6.10 Å². The standard InChI is InChI=1S/C20H42O2/c1-2-3-4-5-6-7-8-9-10-11-12-13-14-15-16-17-20(22)18-19-21/h20-22H,2-19H2,1H3/t20-/m0/s1. The van der Waals surface area contributed by atoms with Crippen molar-refractivity contribution in [2.45, 2.75) is 122 Å². The Hall–Kier alpha value is -0.0800. The molecule has 2 nitrogen and oxygen atoms in total. The van der Waals surface area contributed by atoms with Gasteiger partial charge in [0.2, 0.25) is 0 Å². The minimum absolute atomic E-state index is 0.111. The van der Waals surface area contributed by atoms with Crippen LogP contribution in [0.2, 0.25) is 0 Å². The number of aliphatic hydroxyl groups excluding tert-OH is 2. The van der Waals surface area contributed by atoms with Gasteiger partial charge < -0.3 is 10.2 Å². The highest BCUT2D eigenvalue weighted by atomic mass is 16.3. The average Bonchev–Trinajstić information content (AvgIpc) is 2.51. The summed E-state index contributed by atoms with van der Waals surface area (Å²) in [4.78, 5) is 0. The Morgan fingerprint density at radius 1 is 0.545 bits per heavy atom. The number of unbranched alkanes of at least 4 members (excludes halogenated alkanes) is 14. The van der Waals surface area contributed by atoms with Crippen LogP contribution < -0.4 is 0 Å². The van der Waals surface area contributed by atoms with Gasteiger partial charge in [-0.2, -0.15) is 0 Å². The van der Waals surface area contributed by atoms with Crippen LogP contribution in [0.4, 0.5) is 0 Å². The van der Waals surface area contributed by atoms with Crippen molar-refractivity contribution in [2.24, 2.45) is 0 Å². The third-order valence-corrected chi connectivity index (χ3v) is 4.60. The third kappa shape index (κ3) is 18.0. The monoisotopic (exact) mass is 314 g/mol. The van der Waals surface area contributed by atoms with Gasteiger partial charge in [-0.1, -0.05) is 103 Å². The lowest BCUT2D eigenvalue weighted by atomic mass is 10.0. The van der Waals surface area contributed by atoms with Crippen molar-refractivity contribution in [3.05, 3.63) is 0 Å². The fraction of sp³-hybridized carbons (Fsp3) is 1.00. The molecule has 0 radical (unpaired) electrons. The maximum atomic E-state index is 9.49. The predicted octanol–water partition coefficient (Wildman–Crippen LogP) is 5.99. The van der Waals surface area contributed by atoms with Gasteiger partial charge in [0.25, 0.3) is 0 Å². The molecule has 0 fully saturated rings. The van der Waals surface area contributed by atoms with E-state index < -0.39 is 0 Å². The number of hydrogen-bond acceptors (Lipinski definition) is 2. The molecule has 0 unspecified atom stereocenters. The summed E-state index contributed by atoms with van der Waals surface area (Å²) in [5.74, 6) is 0. The molecule has 134 valence electrons. The van der Waals surface area contributed by atoms with E-state index in [1.165, 1.54) is 89.9 Å². The SMILES string of the molecule is CCCCCCCCCCCCCCCCC[C@H](O)CCO. The molecule has 0 amide bonds. The van der Waals surface area contributed by atoms with Crippen LogP contribution in [-0.2, 0) is 0 Å². The third-order valence-electron chi connectivity index (χ3n) is 4.60. The van der Waals surface area contributed by atoms with Crippen molar-refractivity contribution in [1.82, 2.24) is 0 Å². The molecule has 0 aromatic heterocycles. The summed E-state index contributed by atoms with van der Waals surface area (Å²) in [6.07, 6.45) is 21.7. The summed E-state index contributed by atoms with van der Waals surface area (Å²) in [5.41, 5.74) is 0. The zero-order valence-corrected chi connectivity index (χ0v) is 15.2. The van der Waals surface area contributed by atoms with Crippen LogP contribution in [0.15, 0.2) is 0 Å². The van der Waals surface area contributed by atoms with Crippen LogP contribution in [0, 0.1) is 0 Å². The molecule has 0 bridgehead atoms. The summed E-state index contributed by atoms with van der Waals surface area (Å²) in [6, 6.07) is 0. The normalized spacial score (nSPS) is 12.7. The Labute approximate surface area is 139 Å². The molecular formula is C20H42O2. The maximum absolute atomic E-state index is 9.49. The Kier molecular flexibility index (Phi) is 18.9. The topological polar surface area (TPSA) is 40.5 Å². The largest absolute Gasteiger partial charge is 0.396 e. The summed E-state index contributed by atoms with van der Waals surface area (Å²) in [5, 5.41) is 18.2. The summed E-state index contributed by atoms with van der Waals surface area (Å²) in [7, 11) is 0. The summed E-state index contributed by atoms with van der Waals surface area (Å²) < 4.78 is 0. The van der Waals surface area contributed by atoms with E-state index in [0.29, 0.717) is 6.42 Å². The first-order chi connectivity index (χ1) is 10.8. The van der Waals surface area contributed by atoms with Crippen molar-refractivity contribution in [3.8, 4) is 0 Å². The lowest BCUT2D eigenvalue weighted by Gasteiger charge is -2.08. The molecule has 0 aromatic rings. The second kappa shape index (κ2) is 19.0. The zero-order chi connectivity index (χ0) is 16.3. The van der Waals surface area contributed by atoms with E-state index in [1.807, 2.05) is 0 Å². The summed E-state index contributed by atoms with van der Waals surface area (Å²) >= 11 is 0.